The summed E-state index contributed by atoms with van der Waals surface area (Å²) < 4.78 is 5.94. The Bertz CT molecular complexity index is 1210. The molecule has 8 nitrogen and oxygen atoms in total. The lowest BCUT2D eigenvalue weighted by atomic mass is 10.0. The molecule has 2 amide bonds. The van der Waals surface area contributed by atoms with Gasteiger partial charge < -0.3 is 20.3 Å². The van der Waals surface area contributed by atoms with Crippen LogP contribution in [0.1, 0.15) is 17.4 Å². The fraction of sp³-hybridized carbons (Fsp3) is 0.304. The number of hydrogen-bond acceptors (Lipinski definition) is 7. The molecule has 1 saturated heterocycles. The topological polar surface area (TPSA) is 102 Å². The molecule has 172 valence electrons. The number of nitrogen functional groups attached to an aromatic ring is 1. The highest BCUT2D eigenvalue weighted by Gasteiger charge is 2.40. The Morgan fingerprint density at radius 2 is 2.15 bits per heavy atom. The zero-order valence-electron chi connectivity index (χ0n) is 18.3. The molecule has 1 fully saturated rings. The molecule has 0 aliphatic carbocycles. The lowest BCUT2D eigenvalue weighted by Gasteiger charge is -2.44. The number of hydrogen-bond donors (Lipinski definition) is 1. The van der Waals surface area contributed by atoms with Gasteiger partial charge in [-0.1, -0.05) is 17.7 Å². The maximum absolute atomic E-state index is 13.4. The number of thiophene rings is 1. The van der Waals surface area contributed by atoms with Gasteiger partial charge in [0, 0.05) is 42.6 Å². The van der Waals surface area contributed by atoms with Gasteiger partial charge in [0.25, 0.3) is 0 Å². The number of piperazine rings is 1. The van der Waals surface area contributed by atoms with Gasteiger partial charge in [-0.2, -0.15) is 0 Å². The van der Waals surface area contributed by atoms with E-state index in [0.717, 1.165) is 21.3 Å². The predicted molar refractivity (Wildman–Crippen MR) is 130 cm³/mol. The Labute approximate surface area is 200 Å². The van der Waals surface area contributed by atoms with Crippen molar-refractivity contribution in [2.45, 2.75) is 25.6 Å². The van der Waals surface area contributed by atoms with Gasteiger partial charge in [-0.25, -0.2) is 9.97 Å². The van der Waals surface area contributed by atoms with Gasteiger partial charge in [0.2, 0.25) is 11.8 Å². The zero-order chi connectivity index (χ0) is 23.5. The van der Waals surface area contributed by atoms with Crippen LogP contribution in [0.3, 0.4) is 0 Å². The monoisotopic (exact) mass is 485 g/mol. The van der Waals surface area contributed by atoms with Gasteiger partial charge in [-0.15, -0.1) is 11.3 Å². The number of fused-ring (bicyclic) bond motifs is 1. The highest BCUT2D eigenvalue weighted by molar-refractivity contribution is 7.17. The van der Waals surface area contributed by atoms with E-state index in [-0.39, 0.29) is 24.5 Å². The van der Waals surface area contributed by atoms with Gasteiger partial charge in [0.15, 0.2) is 0 Å². The van der Waals surface area contributed by atoms with Crippen LogP contribution in [-0.2, 0) is 20.9 Å². The summed E-state index contributed by atoms with van der Waals surface area (Å²) in [5, 5.41) is 0.770. The molecule has 2 aromatic heterocycles. The van der Waals surface area contributed by atoms with Crippen LogP contribution in [0.25, 0.3) is 17.0 Å². The summed E-state index contributed by atoms with van der Waals surface area (Å²) in [6.07, 6.45) is 4.62. The van der Waals surface area contributed by atoms with E-state index in [1.54, 1.807) is 21.9 Å². The molecule has 1 aromatic carbocycles. The van der Waals surface area contributed by atoms with Crippen molar-refractivity contribution in [3.05, 3.63) is 57.5 Å². The number of anilines is 1. The number of nitrogens with zero attached hydrogens (tertiary/aromatic N) is 4. The molecule has 0 spiro atoms. The summed E-state index contributed by atoms with van der Waals surface area (Å²) in [4.78, 5) is 38.9. The Hall–Kier alpha value is -3.01. The second kappa shape index (κ2) is 9.86. The first-order valence-corrected chi connectivity index (χ1v) is 11.6. The van der Waals surface area contributed by atoms with Crippen molar-refractivity contribution in [2.75, 3.05) is 26.0 Å². The Morgan fingerprint density at radius 3 is 2.88 bits per heavy atom. The SMILES string of the molecule is COCC1C(=O)N(Cc2ccc3c(N)ncnc3c2)C(C)CN1C(=O)/C=C/c1ccc(Cl)s1. The highest BCUT2D eigenvalue weighted by atomic mass is 35.5. The molecule has 2 unspecified atom stereocenters. The first kappa shape index (κ1) is 23.2. The Kier molecular flexibility index (Phi) is 6.92. The fourth-order valence-corrected chi connectivity index (χ4v) is 4.90. The molecule has 2 atom stereocenters. The number of halogens is 1. The van der Waals surface area contributed by atoms with Crippen molar-refractivity contribution in [2.24, 2.45) is 0 Å². The molecule has 3 heterocycles. The van der Waals surface area contributed by atoms with Crippen LogP contribution in [-0.4, -0.2) is 63.9 Å². The van der Waals surface area contributed by atoms with E-state index in [1.165, 1.54) is 30.8 Å². The molecular formula is C23H24ClN5O3S. The van der Waals surface area contributed by atoms with Crippen molar-refractivity contribution in [1.82, 2.24) is 19.8 Å². The Balaban J connectivity index is 1.53. The number of carbonyl (C=O) groups excluding carboxylic acids is 2. The van der Waals surface area contributed by atoms with Crippen LogP contribution < -0.4 is 5.73 Å². The number of benzene rings is 1. The Morgan fingerprint density at radius 1 is 1.33 bits per heavy atom. The lowest BCUT2D eigenvalue weighted by molar-refractivity contribution is -0.155. The predicted octanol–water partition coefficient (Wildman–Crippen LogP) is 3.21. The van der Waals surface area contributed by atoms with Gasteiger partial charge in [0.1, 0.15) is 18.2 Å². The molecular weight excluding hydrogens is 462 g/mol. The number of rotatable bonds is 6. The second-order valence-electron chi connectivity index (χ2n) is 7.86. The normalized spacial score (nSPS) is 19.1. The van der Waals surface area contributed by atoms with Crippen LogP contribution >= 0.6 is 22.9 Å². The maximum atomic E-state index is 13.4. The van der Waals surface area contributed by atoms with E-state index in [1.807, 2.05) is 31.2 Å². The average Bonchev–Trinajstić information content (AvgIpc) is 3.22. The third kappa shape index (κ3) is 5.00. The average molecular weight is 486 g/mol. The number of methoxy groups -OCH3 is 1. The standard InChI is InChI=1S/C23H24ClN5O3S/c1-14-10-29(21(30)8-5-16-4-7-20(24)33-16)19(12-32-2)23(31)28(14)11-15-3-6-17-18(9-15)26-13-27-22(17)25/h3-9,13-14,19H,10-12H2,1-2H3,(H2,25,26,27)/b8-5+. The molecule has 0 radical (unpaired) electrons. The molecule has 3 aromatic rings. The van der Waals surface area contributed by atoms with E-state index in [9.17, 15) is 9.59 Å². The molecule has 1 aliphatic rings. The van der Waals surface area contributed by atoms with Crippen molar-refractivity contribution in [3.8, 4) is 0 Å². The third-order valence-electron chi connectivity index (χ3n) is 5.61. The third-order valence-corrected chi connectivity index (χ3v) is 6.81. The van der Waals surface area contributed by atoms with Gasteiger partial charge in [0.05, 0.1) is 16.5 Å². The molecule has 0 saturated carbocycles. The zero-order valence-corrected chi connectivity index (χ0v) is 19.8. The summed E-state index contributed by atoms with van der Waals surface area (Å²) in [6.45, 7) is 2.85. The van der Waals surface area contributed by atoms with E-state index in [4.69, 9.17) is 22.1 Å². The maximum Gasteiger partial charge on any atom is 0.248 e. The minimum atomic E-state index is -0.700. The van der Waals surface area contributed by atoms with Crippen molar-refractivity contribution < 1.29 is 14.3 Å². The highest BCUT2D eigenvalue weighted by Crippen LogP contribution is 2.25. The molecule has 0 bridgehead atoms. The van der Waals surface area contributed by atoms with E-state index >= 15 is 0 Å². The molecule has 2 N–H and O–H groups in total. The first-order chi connectivity index (χ1) is 15.9. The van der Waals surface area contributed by atoms with Crippen LogP contribution in [0.15, 0.2) is 42.7 Å². The number of aromatic nitrogens is 2. The number of amides is 2. The van der Waals surface area contributed by atoms with E-state index in [2.05, 4.69) is 9.97 Å². The van der Waals surface area contributed by atoms with Crippen LogP contribution in [0.5, 0.6) is 0 Å². The minimum absolute atomic E-state index is 0.119. The van der Waals surface area contributed by atoms with Gasteiger partial charge >= 0.3 is 0 Å². The van der Waals surface area contributed by atoms with Crippen LogP contribution in [0, 0.1) is 0 Å². The molecule has 4 rings (SSSR count). The molecule has 10 heteroatoms. The van der Waals surface area contributed by atoms with Crippen molar-refractivity contribution in [1.29, 1.82) is 0 Å². The smallest absolute Gasteiger partial charge is 0.248 e. The summed E-state index contributed by atoms with van der Waals surface area (Å²) in [6, 6.07) is 8.44. The van der Waals surface area contributed by atoms with Gasteiger partial charge in [-0.3, -0.25) is 9.59 Å². The van der Waals surface area contributed by atoms with Gasteiger partial charge in [-0.05, 0) is 42.8 Å². The largest absolute Gasteiger partial charge is 0.383 e. The number of nitrogens with two attached hydrogens (primary N) is 1. The number of carbonyl (C=O) groups is 2. The summed E-state index contributed by atoms with van der Waals surface area (Å²) >= 11 is 7.34. The quantitative estimate of drug-likeness (QED) is 0.538. The fourth-order valence-electron chi connectivity index (χ4n) is 3.93. The molecule has 33 heavy (non-hydrogen) atoms. The van der Waals surface area contributed by atoms with E-state index < -0.39 is 6.04 Å². The minimum Gasteiger partial charge on any atom is -0.383 e. The molecule has 1 aliphatic heterocycles. The van der Waals surface area contributed by atoms with Crippen molar-refractivity contribution >= 4 is 57.5 Å². The first-order valence-electron chi connectivity index (χ1n) is 10.4. The van der Waals surface area contributed by atoms with Crippen molar-refractivity contribution in [3.63, 3.8) is 0 Å². The second-order valence-corrected chi connectivity index (χ2v) is 9.61. The summed E-state index contributed by atoms with van der Waals surface area (Å²) in [5.41, 5.74) is 7.56. The number of ether oxygens (including phenoxy) is 1. The van der Waals surface area contributed by atoms with E-state index in [0.29, 0.717) is 23.2 Å². The summed E-state index contributed by atoms with van der Waals surface area (Å²) in [7, 11) is 1.52. The lowest BCUT2D eigenvalue weighted by Crippen LogP contribution is -2.63. The van der Waals surface area contributed by atoms with Crippen LogP contribution in [0.2, 0.25) is 4.34 Å². The summed E-state index contributed by atoms with van der Waals surface area (Å²) in [5.74, 6) is 0.0271. The van der Waals surface area contributed by atoms with Crippen LogP contribution in [0.4, 0.5) is 5.82 Å².